The zero-order chi connectivity index (χ0) is 16.5. The average Bonchev–Trinajstić information content (AvgIpc) is 2.38. The van der Waals surface area contributed by atoms with Crippen LogP contribution in [0.5, 0.6) is 0 Å². The normalized spacial score (nSPS) is 10.2. The van der Waals surface area contributed by atoms with Crippen LogP contribution in [0.1, 0.15) is 18.4 Å². The van der Waals surface area contributed by atoms with Gasteiger partial charge in [-0.1, -0.05) is 30.3 Å². The third-order valence-electron chi connectivity index (χ3n) is 2.36. The number of aliphatic carboxylic acids is 3. The van der Waals surface area contributed by atoms with Crippen LogP contribution in [0.3, 0.4) is 0 Å². The van der Waals surface area contributed by atoms with Crippen LogP contribution >= 0.6 is 0 Å². The lowest BCUT2D eigenvalue weighted by Gasteiger charge is -2.18. The molecule has 0 radical (unpaired) electrons. The Morgan fingerprint density at radius 3 is 1.62 bits per heavy atom. The van der Waals surface area contributed by atoms with Gasteiger partial charge in [0, 0.05) is 6.54 Å². The molecule has 0 unspecified atom stereocenters. The summed E-state index contributed by atoms with van der Waals surface area (Å²) < 4.78 is 0. The van der Waals surface area contributed by atoms with Crippen molar-refractivity contribution in [2.45, 2.75) is 25.0 Å². The Kier molecular flexibility index (Phi) is 7.66. The van der Waals surface area contributed by atoms with Gasteiger partial charge in [0.05, 0.1) is 12.8 Å². The Morgan fingerprint density at radius 2 is 1.38 bits per heavy atom. The van der Waals surface area contributed by atoms with Crippen molar-refractivity contribution in [1.82, 2.24) is 0 Å². The lowest BCUT2D eigenvalue weighted by Crippen LogP contribution is -2.42. The smallest absolute Gasteiger partial charge is 0.336 e. The molecule has 0 aromatic heterocycles. The summed E-state index contributed by atoms with van der Waals surface area (Å²) in [5, 5.41) is 33.8. The summed E-state index contributed by atoms with van der Waals surface area (Å²) in [6.45, 7) is 0.640. The maximum absolute atomic E-state index is 10.3. The Hall–Kier alpha value is -2.45. The van der Waals surface area contributed by atoms with Crippen molar-refractivity contribution in [2.24, 2.45) is 5.73 Å². The Bertz CT molecular complexity index is 471. The van der Waals surface area contributed by atoms with Crippen molar-refractivity contribution in [3.63, 3.8) is 0 Å². The lowest BCUT2D eigenvalue weighted by atomic mass is 9.96. The summed E-state index contributed by atoms with van der Waals surface area (Å²) >= 11 is 0. The quantitative estimate of drug-likeness (QED) is 0.487. The predicted molar refractivity (Wildman–Crippen MR) is 71.4 cm³/mol. The molecule has 6 N–H and O–H groups in total. The van der Waals surface area contributed by atoms with Crippen LogP contribution in [-0.2, 0) is 20.9 Å². The zero-order valence-electron chi connectivity index (χ0n) is 11.1. The molecule has 0 aliphatic heterocycles. The molecule has 8 nitrogen and oxygen atoms in total. The monoisotopic (exact) mass is 299 g/mol. The second-order valence-electron chi connectivity index (χ2n) is 4.17. The molecule has 0 fully saturated rings. The minimum absolute atomic E-state index is 0.640. The number of benzene rings is 1. The van der Waals surface area contributed by atoms with E-state index in [4.69, 9.17) is 26.2 Å². The van der Waals surface area contributed by atoms with Crippen molar-refractivity contribution < 1.29 is 34.8 Å². The largest absolute Gasteiger partial charge is 0.481 e. The standard InChI is InChI=1S/C7H9N.C6H8O7/c8-6-7-4-2-1-3-5-7;7-3(8)1-6(13,5(11)12)2-4(9)10/h1-5H,6,8H2;13H,1-2H2,(H,7,8)(H,9,10)(H,11,12). The van der Waals surface area contributed by atoms with Gasteiger partial charge in [0.2, 0.25) is 0 Å². The number of rotatable bonds is 6. The molecular weight excluding hydrogens is 282 g/mol. The minimum atomic E-state index is -2.74. The van der Waals surface area contributed by atoms with Crippen LogP contribution < -0.4 is 5.73 Å². The number of hydrogen-bond donors (Lipinski definition) is 5. The summed E-state index contributed by atoms with van der Waals surface area (Å²) in [5.41, 5.74) is 3.80. The molecule has 21 heavy (non-hydrogen) atoms. The first-order chi connectivity index (χ1) is 9.71. The average molecular weight is 299 g/mol. The minimum Gasteiger partial charge on any atom is -0.481 e. The van der Waals surface area contributed by atoms with Crippen molar-refractivity contribution in [1.29, 1.82) is 0 Å². The van der Waals surface area contributed by atoms with E-state index in [1.807, 2.05) is 30.3 Å². The van der Waals surface area contributed by atoms with Crippen LogP contribution in [0, 0.1) is 0 Å². The van der Waals surface area contributed by atoms with Gasteiger partial charge in [0.15, 0.2) is 5.60 Å². The highest BCUT2D eigenvalue weighted by Gasteiger charge is 2.40. The van der Waals surface area contributed by atoms with Crippen LogP contribution in [0.2, 0.25) is 0 Å². The number of nitrogens with two attached hydrogens (primary N) is 1. The maximum atomic E-state index is 10.3. The number of carboxylic acid groups (broad SMARTS) is 3. The summed E-state index contributed by atoms with van der Waals surface area (Å²) in [6, 6.07) is 9.99. The Labute approximate surface area is 120 Å². The lowest BCUT2D eigenvalue weighted by molar-refractivity contribution is -0.170. The van der Waals surface area contributed by atoms with Gasteiger partial charge in [0.1, 0.15) is 0 Å². The zero-order valence-corrected chi connectivity index (χ0v) is 11.1. The third kappa shape index (κ3) is 7.65. The Morgan fingerprint density at radius 1 is 0.952 bits per heavy atom. The number of carboxylic acids is 3. The molecule has 0 aliphatic rings. The first-order valence-electron chi connectivity index (χ1n) is 5.84. The summed E-state index contributed by atoms with van der Waals surface area (Å²) in [4.78, 5) is 30.5. The molecule has 0 saturated heterocycles. The number of carbonyl (C=O) groups is 3. The van der Waals surface area contributed by atoms with E-state index in [2.05, 4.69) is 0 Å². The Balaban J connectivity index is 0.000000423. The molecule has 0 saturated carbocycles. The van der Waals surface area contributed by atoms with Gasteiger partial charge in [-0.3, -0.25) is 9.59 Å². The van der Waals surface area contributed by atoms with E-state index < -0.39 is 36.4 Å². The van der Waals surface area contributed by atoms with Crippen LogP contribution in [0.15, 0.2) is 30.3 Å². The molecule has 0 atom stereocenters. The van der Waals surface area contributed by atoms with E-state index in [1.165, 1.54) is 5.56 Å². The maximum Gasteiger partial charge on any atom is 0.336 e. The first-order valence-corrected chi connectivity index (χ1v) is 5.84. The molecule has 116 valence electrons. The molecule has 0 spiro atoms. The molecule has 1 aromatic rings. The third-order valence-corrected chi connectivity index (χ3v) is 2.36. The van der Waals surface area contributed by atoms with Crippen molar-refractivity contribution in [3.8, 4) is 0 Å². The van der Waals surface area contributed by atoms with Gasteiger partial charge in [0.25, 0.3) is 0 Å². The highest BCUT2D eigenvalue weighted by atomic mass is 16.4. The van der Waals surface area contributed by atoms with Crippen molar-refractivity contribution >= 4 is 17.9 Å². The van der Waals surface area contributed by atoms with Gasteiger partial charge in [-0.25, -0.2) is 4.79 Å². The fourth-order valence-electron chi connectivity index (χ4n) is 1.33. The first kappa shape index (κ1) is 18.6. The number of hydrogen-bond acceptors (Lipinski definition) is 5. The van der Waals surface area contributed by atoms with Crippen molar-refractivity contribution in [3.05, 3.63) is 35.9 Å². The van der Waals surface area contributed by atoms with Gasteiger partial charge in [-0.05, 0) is 5.56 Å². The second-order valence-corrected chi connectivity index (χ2v) is 4.17. The van der Waals surface area contributed by atoms with E-state index in [0.717, 1.165) is 0 Å². The molecule has 0 amide bonds. The molecule has 8 heteroatoms. The van der Waals surface area contributed by atoms with Crippen molar-refractivity contribution in [2.75, 3.05) is 0 Å². The molecular formula is C13H17NO7. The van der Waals surface area contributed by atoms with Crippen LogP contribution in [0.25, 0.3) is 0 Å². The highest BCUT2D eigenvalue weighted by molar-refractivity contribution is 5.88. The van der Waals surface area contributed by atoms with Gasteiger partial charge in [-0.15, -0.1) is 0 Å². The summed E-state index contributed by atoms with van der Waals surface area (Å²) in [7, 11) is 0. The predicted octanol–water partition coefficient (Wildman–Crippen LogP) is -0.103. The number of aliphatic hydroxyl groups is 1. The van der Waals surface area contributed by atoms with E-state index in [-0.39, 0.29) is 0 Å². The molecule has 1 rings (SSSR count). The molecule has 0 aliphatic carbocycles. The fraction of sp³-hybridized carbons (Fsp3) is 0.308. The van der Waals surface area contributed by atoms with E-state index in [1.54, 1.807) is 0 Å². The van der Waals surface area contributed by atoms with E-state index in [9.17, 15) is 14.4 Å². The summed E-state index contributed by atoms with van der Waals surface area (Å²) in [5.74, 6) is -5.02. The van der Waals surface area contributed by atoms with Crippen LogP contribution in [-0.4, -0.2) is 43.9 Å². The van der Waals surface area contributed by atoms with Gasteiger partial charge < -0.3 is 26.2 Å². The topological polar surface area (TPSA) is 158 Å². The molecule has 0 heterocycles. The molecule has 1 aromatic carbocycles. The van der Waals surface area contributed by atoms with E-state index in [0.29, 0.717) is 6.54 Å². The van der Waals surface area contributed by atoms with Gasteiger partial charge >= 0.3 is 17.9 Å². The fourth-order valence-corrected chi connectivity index (χ4v) is 1.33. The highest BCUT2D eigenvalue weighted by Crippen LogP contribution is 2.15. The van der Waals surface area contributed by atoms with Gasteiger partial charge in [-0.2, -0.15) is 0 Å². The van der Waals surface area contributed by atoms with E-state index >= 15 is 0 Å². The summed E-state index contributed by atoms with van der Waals surface area (Å²) in [6.07, 6.45) is -2.29. The van der Waals surface area contributed by atoms with Crippen LogP contribution in [0.4, 0.5) is 0 Å². The SMILES string of the molecule is NCc1ccccc1.O=C(O)CC(O)(CC(=O)O)C(=O)O. The second kappa shape index (κ2) is 8.67. The molecule has 0 bridgehead atoms.